The van der Waals surface area contributed by atoms with E-state index in [-0.39, 0.29) is 22.6 Å². The molecular formula is C21H33N3O4S. The Kier molecular flexibility index (Phi) is 6.27. The lowest BCUT2D eigenvalue weighted by Gasteiger charge is -2.38. The number of sulfonamides is 1. The molecule has 3 fully saturated rings. The summed E-state index contributed by atoms with van der Waals surface area (Å²) in [6.45, 7) is 2.71. The molecule has 3 aliphatic rings. The number of piperidine rings is 1. The summed E-state index contributed by atoms with van der Waals surface area (Å²) in [7, 11) is -1.34. The summed E-state index contributed by atoms with van der Waals surface area (Å²) in [5.74, 6) is 0. The van der Waals surface area contributed by atoms with Gasteiger partial charge >= 0.3 is 0 Å². The molecule has 4 rings (SSSR count). The second-order valence-corrected chi connectivity index (χ2v) is 11.0. The first kappa shape index (κ1) is 21.2. The van der Waals surface area contributed by atoms with Crippen molar-refractivity contribution < 1.29 is 18.3 Å². The van der Waals surface area contributed by atoms with Gasteiger partial charge < -0.3 is 14.7 Å². The Labute approximate surface area is 174 Å². The van der Waals surface area contributed by atoms with Crippen molar-refractivity contribution in [2.75, 3.05) is 33.3 Å². The first-order valence-electron chi connectivity index (χ1n) is 10.8. The van der Waals surface area contributed by atoms with Gasteiger partial charge in [-0.05, 0) is 69.5 Å². The number of hydrogen-bond acceptors (Lipinski definition) is 6. The molecule has 29 heavy (non-hydrogen) atoms. The largest absolute Gasteiger partial charge is 0.393 e. The summed E-state index contributed by atoms with van der Waals surface area (Å²) >= 11 is 0. The highest BCUT2D eigenvalue weighted by Gasteiger charge is 2.45. The van der Waals surface area contributed by atoms with Crippen LogP contribution in [0.4, 0.5) is 0 Å². The molecule has 8 heteroatoms. The van der Waals surface area contributed by atoms with Crippen LogP contribution in [0.1, 0.15) is 44.9 Å². The topological polar surface area (TPSA) is 83.0 Å². The third-order valence-electron chi connectivity index (χ3n) is 7.09. The monoisotopic (exact) mass is 423 g/mol. The van der Waals surface area contributed by atoms with Crippen molar-refractivity contribution in [3.63, 3.8) is 0 Å². The Morgan fingerprint density at radius 3 is 2.62 bits per heavy atom. The van der Waals surface area contributed by atoms with E-state index in [4.69, 9.17) is 4.74 Å². The highest BCUT2D eigenvalue weighted by molar-refractivity contribution is 7.89. The first-order valence-corrected chi connectivity index (χ1v) is 12.2. The zero-order valence-corrected chi connectivity index (χ0v) is 18.1. The Morgan fingerprint density at radius 2 is 1.97 bits per heavy atom. The molecular weight excluding hydrogens is 390 g/mol. The van der Waals surface area contributed by atoms with Crippen LogP contribution in [0, 0.1) is 5.41 Å². The fraction of sp³-hybridized carbons (Fsp3) is 0.762. The van der Waals surface area contributed by atoms with Crippen molar-refractivity contribution in [2.45, 2.75) is 68.2 Å². The lowest BCUT2D eigenvalue weighted by atomic mass is 9.77. The van der Waals surface area contributed by atoms with Gasteiger partial charge in [0.2, 0.25) is 0 Å². The van der Waals surface area contributed by atoms with Crippen LogP contribution in [-0.4, -0.2) is 79.3 Å². The van der Waals surface area contributed by atoms with Crippen molar-refractivity contribution >= 4 is 10.0 Å². The number of aliphatic hydroxyl groups is 1. The number of hydrogen-bond donors (Lipinski definition) is 1. The van der Waals surface area contributed by atoms with Crippen LogP contribution in [-0.2, 0) is 14.8 Å². The molecule has 3 heterocycles. The van der Waals surface area contributed by atoms with E-state index in [1.54, 1.807) is 22.5 Å². The number of ether oxygens (including phenoxy) is 1. The van der Waals surface area contributed by atoms with Gasteiger partial charge in [0.05, 0.1) is 18.8 Å². The normalized spacial score (nSPS) is 30.8. The van der Waals surface area contributed by atoms with Gasteiger partial charge in [-0.3, -0.25) is 0 Å². The van der Waals surface area contributed by atoms with Gasteiger partial charge in [0.1, 0.15) is 0 Å². The highest BCUT2D eigenvalue weighted by atomic mass is 32.2. The average molecular weight is 424 g/mol. The smallest absolute Gasteiger partial charge is 0.260 e. The quantitative estimate of drug-likeness (QED) is 0.779. The van der Waals surface area contributed by atoms with Gasteiger partial charge in [0.25, 0.3) is 10.0 Å². The van der Waals surface area contributed by atoms with E-state index in [1.807, 2.05) is 0 Å². The molecule has 0 radical (unpaired) electrons. The lowest BCUT2D eigenvalue weighted by molar-refractivity contribution is 0.0372. The zero-order valence-electron chi connectivity index (χ0n) is 17.2. The number of aliphatic hydroxyl groups excluding tert-OH is 1. The summed E-state index contributed by atoms with van der Waals surface area (Å²) in [6.07, 6.45) is 8.19. The van der Waals surface area contributed by atoms with Crippen molar-refractivity contribution in [3.05, 3.63) is 24.4 Å². The Hall–Kier alpha value is -1.06. The Bertz CT molecular complexity index is 772. The summed E-state index contributed by atoms with van der Waals surface area (Å²) < 4.78 is 33.4. The lowest BCUT2D eigenvalue weighted by Crippen LogP contribution is -2.44. The molecule has 0 unspecified atom stereocenters. The standard InChI is InChI=1S/C21H33N3O4S/c1-23(17-5-7-18(25)8-6-17)15-19-14-21(16-28-19)9-12-24(13-10-21)29(26,27)20-4-2-3-11-22-20/h2-4,11,17-19,25H,5-10,12-16H2,1H3/t17?,18?,19-/m0/s1. The summed E-state index contributed by atoms with van der Waals surface area (Å²) in [5, 5.41) is 9.85. The van der Waals surface area contributed by atoms with Gasteiger partial charge in [-0.15, -0.1) is 0 Å². The Balaban J connectivity index is 1.29. The zero-order chi connectivity index (χ0) is 20.5. The summed E-state index contributed by atoms with van der Waals surface area (Å²) in [5.41, 5.74) is 0.102. The van der Waals surface area contributed by atoms with E-state index < -0.39 is 10.0 Å². The predicted octanol–water partition coefficient (Wildman–Crippen LogP) is 1.88. The van der Waals surface area contributed by atoms with Crippen molar-refractivity contribution in [1.29, 1.82) is 0 Å². The van der Waals surface area contributed by atoms with Crippen LogP contribution in [0.5, 0.6) is 0 Å². The Morgan fingerprint density at radius 1 is 1.24 bits per heavy atom. The maximum absolute atomic E-state index is 12.8. The maximum Gasteiger partial charge on any atom is 0.260 e. The van der Waals surface area contributed by atoms with Crippen LogP contribution in [0.3, 0.4) is 0 Å². The van der Waals surface area contributed by atoms with E-state index in [0.717, 1.165) is 58.1 Å². The molecule has 1 spiro atoms. The van der Waals surface area contributed by atoms with Crippen molar-refractivity contribution in [2.24, 2.45) is 5.41 Å². The molecule has 1 aromatic rings. The third-order valence-corrected chi connectivity index (χ3v) is 8.91. The molecule has 2 aliphatic heterocycles. The molecule has 1 saturated carbocycles. The molecule has 2 saturated heterocycles. The van der Waals surface area contributed by atoms with Crippen LogP contribution >= 0.6 is 0 Å². The van der Waals surface area contributed by atoms with Crippen LogP contribution in [0.15, 0.2) is 29.4 Å². The van der Waals surface area contributed by atoms with E-state index in [0.29, 0.717) is 19.1 Å². The average Bonchev–Trinajstić information content (AvgIpc) is 3.11. The molecule has 1 atom stereocenters. The second-order valence-electron chi connectivity index (χ2n) is 9.11. The SMILES string of the molecule is CN(C[C@@H]1CC2(CCN(S(=O)(=O)c3ccccn3)CC2)CO1)C1CCC(O)CC1. The minimum atomic E-state index is -3.51. The summed E-state index contributed by atoms with van der Waals surface area (Å²) in [4.78, 5) is 6.43. The molecule has 1 aromatic heterocycles. The van der Waals surface area contributed by atoms with E-state index in [2.05, 4.69) is 16.9 Å². The maximum atomic E-state index is 12.8. The van der Waals surface area contributed by atoms with Gasteiger partial charge in [-0.2, -0.15) is 4.31 Å². The van der Waals surface area contributed by atoms with Crippen molar-refractivity contribution in [3.8, 4) is 0 Å². The third kappa shape index (κ3) is 4.66. The van der Waals surface area contributed by atoms with Gasteiger partial charge in [-0.1, -0.05) is 6.07 Å². The van der Waals surface area contributed by atoms with E-state index in [9.17, 15) is 13.5 Å². The number of aromatic nitrogens is 1. The number of nitrogens with zero attached hydrogens (tertiary/aromatic N) is 3. The number of likely N-dealkylation sites (N-methyl/N-ethyl adjacent to an activating group) is 1. The summed E-state index contributed by atoms with van der Waals surface area (Å²) in [6, 6.07) is 5.54. The van der Waals surface area contributed by atoms with Crippen LogP contribution in [0.25, 0.3) is 0 Å². The van der Waals surface area contributed by atoms with Gasteiger partial charge in [-0.25, -0.2) is 13.4 Å². The minimum absolute atomic E-state index is 0.102. The molecule has 1 N–H and O–H groups in total. The van der Waals surface area contributed by atoms with Crippen molar-refractivity contribution in [1.82, 2.24) is 14.2 Å². The number of rotatable bonds is 5. The highest BCUT2D eigenvalue weighted by Crippen LogP contribution is 2.43. The van der Waals surface area contributed by atoms with Gasteiger partial charge in [0, 0.05) is 31.9 Å². The first-order chi connectivity index (χ1) is 13.9. The molecule has 1 aliphatic carbocycles. The molecule has 0 bridgehead atoms. The fourth-order valence-electron chi connectivity index (χ4n) is 5.16. The van der Waals surface area contributed by atoms with E-state index in [1.165, 1.54) is 6.20 Å². The fourth-order valence-corrected chi connectivity index (χ4v) is 6.54. The van der Waals surface area contributed by atoms with Gasteiger partial charge in [0.15, 0.2) is 5.03 Å². The molecule has 0 amide bonds. The van der Waals surface area contributed by atoms with Crippen LogP contribution in [0.2, 0.25) is 0 Å². The molecule has 162 valence electrons. The molecule has 0 aromatic carbocycles. The second kappa shape index (κ2) is 8.59. The minimum Gasteiger partial charge on any atom is -0.393 e. The number of pyridine rings is 1. The van der Waals surface area contributed by atoms with E-state index >= 15 is 0 Å². The molecule has 7 nitrogen and oxygen atoms in total. The van der Waals surface area contributed by atoms with Crippen LogP contribution < -0.4 is 0 Å². The predicted molar refractivity (Wildman–Crippen MR) is 110 cm³/mol.